The minimum atomic E-state index is -3.91. The molecule has 1 aromatic carbocycles. The van der Waals surface area contributed by atoms with E-state index in [1.807, 2.05) is 24.3 Å². The van der Waals surface area contributed by atoms with Crippen LogP contribution in [0.2, 0.25) is 0 Å². The van der Waals surface area contributed by atoms with Crippen molar-refractivity contribution in [1.29, 1.82) is 0 Å². The third-order valence-electron chi connectivity index (χ3n) is 4.65. The number of hydrogen-bond donors (Lipinski definition) is 1. The van der Waals surface area contributed by atoms with Crippen LogP contribution in [0.25, 0.3) is 0 Å². The van der Waals surface area contributed by atoms with Crippen LogP contribution < -0.4 is 9.64 Å². The molecular weight excluding hydrogens is 384 g/mol. The second-order valence-electron chi connectivity index (χ2n) is 6.34. The summed E-state index contributed by atoms with van der Waals surface area (Å²) in [5, 5.41) is 6.19. The van der Waals surface area contributed by atoms with Gasteiger partial charge in [0.2, 0.25) is 5.03 Å². The van der Waals surface area contributed by atoms with Gasteiger partial charge in [0.1, 0.15) is 11.3 Å². The van der Waals surface area contributed by atoms with Gasteiger partial charge >= 0.3 is 5.97 Å². The summed E-state index contributed by atoms with van der Waals surface area (Å²) in [6, 6.07) is 7.63. The Hall–Kier alpha value is -2.59. The van der Waals surface area contributed by atoms with E-state index in [9.17, 15) is 13.2 Å². The molecule has 10 heteroatoms. The highest BCUT2D eigenvalue weighted by molar-refractivity contribution is 7.89. The number of benzene rings is 1. The number of anilines is 1. The van der Waals surface area contributed by atoms with E-state index in [1.54, 1.807) is 21.0 Å². The first-order valence-corrected chi connectivity index (χ1v) is 10.4. The molecule has 0 saturated carbocycles. The van der Waals surface area contributed by atoms with Gasteiger partial charge in [-0.25, -0.2) is 13.2 Å². The highest BCUT2D eigenvalue weighted by Crippen LogP contribution is 2.25. The maximum atomic E-state index is 13.1. The van der Waals surface area contributed by atoms with Crippen molar-refractivity contribution in [3.63, 3.8) is 0 Å². The molecule has 0 radical (unpaired) electrons. The Morgan fingerprint density at radius 2 is 1.82 bits per heavy atom. The van der Waals surface area contributed by atoms with Crippen LogP contribution in [-0.4, -0.2) is 68.8 Å². The Kier molecular flexibility index (Phi) is 5.90. The molecule has 9 nitrogen and oxygen atoms in total. The number of ether oxygens (including phenoxy) is 2. The van der Waals surface area contributed by atoms with Gasteiger partial charge < -0.3 is 14.4 Å². The highest BCUT2D eigenvalue weighted by Gasteiger charge is 2.35. The largest absolute Gasteiger partial charge is 0.497 e. The molecule has 1 N–H and O–H groups in total. The van der Waals surface area contributed by atoms with Crippen molar-refractivity contribution in [2.45, 2.75) is 18.9 Å². The minimum absolute atomic E-state index is 0.0283. The third-order valence-corrected chi connectivity index (χ3v) is 6.48. The summed E-state index contributed by atoms with van der Waals surface area (Å²) in [7, 11) is -2.30. The molecule has 28 heavy (non-hydrogen) atoms. The van der Waals surface area contributed by atoms with Crippen LogP contribution in [0.5, 0.6) is 5.75 Å². The van der Waals surface area contributed by atoms with Crippen molar-refractivity contribution in [3.05, 3.63) is 35.5 Å². The van der Waals surface area contributed by atoms with E-state index in [2.05, 4.69) is 15.1 Å². The molecule has 3 rings (SSSR count). The van der Waals surface area contributed by atoms with E-state index < -0.39 is 16.0 Å². The van der Waals surface area contributed by atoms with Gasteiger partial charge in [-0.1, -0.05) is 0 Å². The molecule has 0 spiro atoms. The second-order valence-corrected chi connectivity index (χ2v) is 8.19. The second kappa shape index (κ2) is 8.19. The van der Waals surface area contributed by atoms with E-state index >= 15 is 0 Å². The molecule has 0 unspecified atom stereocenters. The van der Waals surface area contributed by atoms with E-state index in [1.165, 1.54) is 4.31 Å². The normalized spacial score (nSPS) is 15.5. The Morgan fingerprint density at radius 3 is 2.39 bits per heavy atom. The van der Waals surface area contributed by atoms with Gasteiger partial charge in [0.15, 0.2) is 0 Å². The molecule has 1 saturated heterocycles. The smallest absolute Gasteiger partial charge is 0.343 e. The number of methoxy groups -OCH3 is 1. The number of piperazine rings is 1. The zero-order valence-corrected chi connectivity index (χ0v) is 17.0. The van der Waals surface area contributed by atoms with Crippen molar-refractivity contribution in [1.82, 2.24) is 14.5 Å². The van der Waals surface area contributed by atoms with Gasteiger partial charge in [0, 0.05) is 37.6 Å². The van der Waals surface area contributed by atoms with Gasteiger partial charge in [-0.05, 0) is 38.1 Å². The molecule has 0 bridgehead atoms. The SMILES string of the molecule is CCOC(=O)c1c(S(=O)(=O)N2CCN(c3ccc(OC)cc3)CC2)n[nH]c1C. The fraction of sp³-hybridized carbons (Fsp3) is 0.444. The zero-order valence-electron chi connectivity index (χ0n) is 16.1. The number of nitrogens with zero attached hydrogens (tertiary/aromatic N) is 3. The van der Waals surface area contributed by atoms with Crippen molar-refractivity contribution >= 4 is 21.7 Å². The van der Waals surface area contributed by atoms with Crippen molar-refractivity contribution < 1.29 is 22.7 Å². The summed E-state index contributed by atoms with van der Waals surface area (Å²) in [4.78, 5) is 14.3. The summed E-state index contributed by atoms with van der Waals surface area (Å²) in [6.45, 7) is 5.07. The zero-order chi connectivity index (χ0) is 20.3. The Labute approximate surface area is 164 Å². The summed E-state index contributed by atoms with van der Waals surface area (Å²) in [5.41, 5.74) is 1.34. The molecule has 152 valence electrons. The van der Waals surface area contributed by atoms with Crippen LogP contribution in [0.15, 0.2) is 29.3 Å². The Balaban J connectivity index is 1.75. The van der Waals surface area contributed by atoms with Gasteiger partial charge in [0.05, 0.1) is 13.7 Å². The number of aryl methyl sites for hydroxylation is 1. The lowest BCUT2D eigenvalue weighted by Gasteiger charge is -2.35. The molecule has 0 aliphatic carbocycles. The number of esters is 1. The fourth-order valence-corrected chi connectivity index (χ4v) is 4.68. The number of rotatable bonds is 6. The molecule has 1 aliphatic rings. The van der Waals surface area contributed by atoms with Crippen LogP contribution in [0.1, 0.15) is 23.0 Å². The standard InChI is InChI=1S/C18H24N4O5S/c1-4-27-18(23)16-13(2)19-20-17(16)28(24,25)22-11-9-21(10-12-22)14-5-7-15(26-3)8-6-14/h5-8H,4,9-12H2,1-3H3,(H,19,20). The summed E-state index contributed by atoms with van der Waals surface area (Å²) < 4.78 is 37.6. The number of carbonyl (C=O) groups is 1. The van der Waals surface area contributed by atoms with Crippen LogP contribution in [0.3, 0.4) is 0 Å². The average Bonchev–Trinajstić information content (AvgIpc) is 3.11. The molecule has 0 atom stereocenters. The quantitative estimate of drug-likeness (QED) is 0.721. The average molecular weight is 408 g/mol. The molecule has 1 aliphatic heterocycles. The summed E-state index contributed by atoms with van der Waals surface area (Å²) >= 11 is 0. The number of H-pyrrole nitrogens is 1. The fourth-order valence-electron chi connectivity index (χ4n) is 3.14. The number of carbonyl (C=O) groups excluding carboxylic acids is 1. The van der Waals surface area contributed by atoms with E-state index in [0.29, 0.717) is 31.9 Å². The van der Waals surface area contributed by atoms with Crippen molar-refractivity contribution in [2.24, 2.45) is 0 Å². The molecule has 1 aromatic heterocycles. The van der Waals surface area contributed by atoms with Gasteiger partial charge in [0.25, 0.3) is 10.0 Å². The van der Waals surface area contributed by atoms with E-state index in [0.717, 1.165) is 11.4 Å². The molecular formula is C18H24N4O5S. The van der Waals surface area contributed by atoms with E-state index in [4.69, 9.17) is 9.47 Å². The molecule has 2 heterocycles. The lowest BCUT2D eigenvalue weighted by Crippen LogP contribution is -2.49. The van der Waals surface area contributed by atoms with Crippen molar-refractivity contribution in [3.8, 4) is 5.75 Å². The van der Waals surface area contributed by atoms with Crippen LogP contribution in [0, 0.1) is 6.92 Å². The topological polar surface area (TPSA) is 105 Å². The number of aromatic nitrogens is 2. The predicted octanol–water partition coefficient (Wildman–Crippen LogP) is 1.41. The first-order valence-electron chi connectivity index (χ1n) is 8.99. The number of sulfonamides is 1. The Morgan fingerprint density at radius 1 is 1.18 bits per heavy atom. The predicted molar refractivity (Wildman–Crippen MR) is 103 cm³/mol. The van der Waals surface area contributed by atoms with Crippen LogP contribution in [-0.2, 0) is 14.8 Å². The highest BCUT2D eigenvalue weighted by atomic mass is 32.2. The maximum absolute atomic E-state index is 13.1. The molecule has 0 amide bonds. The van der Waals surface area contributed by atoms with Gasteiger partial charge in [-0.3, -0.25) is 5.10 Å². The Bertz CT molecular complexity index is 931. The van der Waals surface area contributed by atoms with Gasteiger partial charge in [-0.2, -0.15) is 9.40 Å². The lowest BCUT2D eigenvalue weighted by atomic mass is 10.2. The molecule has 1 fully saturated rings. The monoisotopic (exact) mass is 408 g/mol. The maximum Gasteiger partial charge on any atom is 0.343 e. The minimum Gasteiger partial charge on any atom is -0.497 e. The number of nitrogens with one attached hydrogen (secondary N) is 1. The first kappa shape index (κ1) is 20.2. The first-order chi connectivity index (χ1) is 13.4. The van der Waals surface area contributed by atoms with E-state index in [-0.39, 0.29) is 17.2 Å². The number of aromatic amines is 1. The van der Waals surface area contributed by atoms with Gasteiger partial charge in [-0.15, -0.1) is 0 Å². The van der Waals surface area contributed by atoms with Crippen LogP contribution >= 0.6 is 0 Å². The van der Waals surface area contributed by atoms with Crippen LogP contribution in [0.4, 0.5) is 5.69 Å². The number of hydrogen-bond acceptors (Lipinski definition) is 7. The third kappa shape index (κ3) is 3.83. The lowest BCUT2D eigenvalue weighted by molar-refractivity contribution is 0.0520. The summed E-state index contributed by atoms with van der Waals surface area (Å²) in [5.74, 6) is 0.0783. The molecule has 2 aromatic rings. The summed E-state index contributed by atoms with van der Waals surface area (Å²) in [6.07, 6.45) is 0. The van der Waals surface area contributed by atoms with Crippen molar-refractivity contribution in [2.75, 3.05) is 44.8 Å².